The van der Waals surface area contributed by atoms with Crippen LogP contribution < -0.4 is 10.9 Å². The smallest absolute Gasteiger partial charge is 0.255 e. The van der Waals surface area contributed by atoms with E-state index in [4.69, 9.17) is 4.52 Å². The van der Waals surface area contributed by atoms with E-state index in [1.165, 1.54) is 0 Å². The zero-order chi connectivity index (χ0) is 14.7. The van der Waals surface area contributed by atoms with Gasteiger partial charge in [0.2, 0.25) is 5.89 Å². The summed E-state index contributed by atoms with van der Waals surface area (Å²) in [6, 6.07) is -0.0835. The van der Waals surface area contributed by atoms with Crippen molar-refractivity contribution >= 4 is 0 Å². The van der Waals surface area contributed by atoms with E-state index >= 15 is 0 Å². The summed E-state index contributed by atoms with van der Waals surface area (Å²) in [5.41, 5.74) is 1.33. The van der Waals surface area contributed by atoms with Crippen LogP contribution >= 0.6 is 0 Å². The summed E-state index contributed by atoms with van der Waals surface area (Å²) in [6.45, 7) is 7.98. The summed E-state index contributed by atoms with van der Waals surface area (Å²) < 4.78 is 4.90. The lowest BCUT2D eigenvalue weighted by Crippen LogP contribution is -2.29. The van der Waals surface area contributed by atoms with Gasteiger partial charge in [0.15, 0.2) is 5.82 Å². The van der Waals surface area contributed by atoms with Gasteiger partial charge < -0.3 is 14.8 Å². The lowest BCUT2D eigenvalue weighted by atomic mass is 10.1. The predicted molar refractivity (Wildman–Crippen MR) is 73.5 cm³/mol. The number of rotatable bonds is 5. The average molecular weight is 277 g/mol. The van der Waals surface area contributed by atoms with Crippen molar-refractivity contribution in [2.24, 2.45) is 0 Å². The molecule has 0 amide bonds. The Balaban J connectivity index is 1.98. The molecular weight excluding hydrogens is 258 g/mol. The molecule has 7 nitrogen and oxygen atoms in total. The van der Waals surface area contributed by atoms with Gasteiger partial charge in [0.1, 0.15) is 5.82 Å². The first-order chi connectivity index (χ1) is 9.47. The molecule has 2 rings (SSSR count). The molecule has 0 aliphatic heterocycles. The molecule has 0 fully saturated rings. The van der Waals surface area contributed by atoms with E-state index in [9.17, 15) is 4.79 Å². The van der Waals surface area contributed by atoms with Crippen LogP contribution in [0, 0.1) is 20.8 Å². The Labute approximate surface area is 116 Å². The number of hydrogen-bond acceptors (Lipinski definition) is 6. The van der Waals surface area contributed by atoms with Crippen LogP contribution in [0.3, 0.4) is 0 Å². The summed E-state index contributed by atoms with van der Waals surface area (Å²) in [5.74, 6) is 1.85. The lowest BCUT2D eigenvalue weighted by Gasteiger charge is -2.14. The maximum Gasteiger partial charge on any atom is 0.255 e. The molecule has 0 aliphatic rings. The maximum atomic E-state index is 12.0. The second-order valence-corrected chi connectivity index (χ2v) is 4.81. The minimum absolute atomic E-state index is 0.0835. The number of nitrogens with zero attached hydrogens (tertiary/aromatic N) is 3. The Hall–Kier alpha value is -2.02. The number of aromatic amines is 1. The predicted octanol–water partition coefficient (Wildman–Crippen LogP) is 0.971. The Morgan fingerprint density at radius 2 is 2.05 bits per heavy atom. The monoisotopic (exact) mass is 277 g/mol. The molecule has 0 aliphatic carbocycles. The van der Waals surface area contributed by atoms with Gasteiger partial charge in [0, 0.05) is 31.6 Å². The van der Waals surface area contributed by atoms with Crippen molar-refractivity contribution in [2.75, 3.05) is 6.54 Å². The minimum Gasteiger partial charge on any atom is -0.340 e. The molecule has 0 spiro atoms. The second kappa shape index (κ2) is 5.96. The zero-order valence-corrected chi connectivity index (χ0v) is 12.1. The lowest BCUT2D eigenvalue weighted by molar-refractivity contribution is 0.386. The van der Waals surface area contributed by atoms with Crippen molar-refractivity contribution in [1.29, 1.82) is 0 Å². The number of nitrogens with one attached hydrogen (secondary N) is 2. The third-order valence-electron chi connectivity index (χ3n) is 3.07. The number of H-pyrrole nitrogens is 1. The normalized spacial score (nSPS) is 12.6. The maximum absolute atomic E-state index is 12.0. The quantitative estimate of drug-likeness (QED) is 0.845. The summed E-state index contributed by atoms with van der Waals surface area (Å²) in [6.07, 6.45) is 0.651. The van der Waals surface area contributed by atoms with Crippen LogP contribution in [0.2, 0.25) is 0 Å². The average Bonchev–Trinajstić information content (AvgIpc) is 2.73. The molecule has 7 heteroatoms. The molecule has 0 bridgehead atoms. The number of hydrogen-bond donors (Lipinski definition) is 2. The summed E-state index contributed by atoms with van der Waals surface area (Å²) >= 11 is 0. The van der Waals surface area contributed by atoms with E-state index in [1.807, 2.05) is 13.8 Å². The highest BCUT2D eigenvalue weighted by atomic mass is 16.5. The first-order valence-corrected chi connectivity index (χ1v) is 6.57. The van der Waals surface area contributed by atoms with Crippen molar-refractivity contribution in [3.8, 4) is 0 Å². The van der Waals surface area contributed by atoms with Crippen molar-refractivity contribution in [3.05, 3.63) is 39.2 Å². The van der Waals surface area contributed by atoms with Crippen molar-refractivity contribution in [1.82, 2.24) is 25.4 Å². The van der Waals surface area contributed by atoms with Gasteiger partial charge in [0.25, 0.3) is 5.56 Å². The van der Waals surface area contributed by atoms with Gasteiger partial charge in [-0.05, 0) is 20.8 Å². The van der Waals surface area contributed by atoms with Crippen molar-refractivity contribution < 1.29 is 4.52 Å². The largest absolute Gasteiger partial charge is 0.340 e. The molecule has 0 radical (unpaired) electrons. The van der Waals surface area contributed by atoms with Gasteiger partial charge in [-0.2, -0.15) is 4.98 Å². The van der Waals surface area contributed by atoms with Crippen LogP contribution in [-0.2, 0) is 6.42 Å². The van der Waals surface area contributed by atoms with Crippen LogP contribution in [0.5, 0.6) is 0 Å². The van der Waals surface area contributed by atoms with E-state index in [0.717, 1.165) is 5.69 Å². The molecular formula is C13H19N5O2. The first-order valence-electron chi connectivity index (χ1n) is 6.57. The van der Waals surface area contributed by atoms with Gasteiger partial charge >= 0.3 is 0 Å². The number of aromatic nitrogens is 4. The summed E-state index contributed by atoms with van der Waals surface area (Å²) in [5, 5.41) is 7.10. The zero-order valence-electron chi connectivity index (χ0n) is 12.1. The second-order valence-electron chi connectivity index (χ2n) is 4.81. The van der Waals surface area contributed by atoms with E-state index in [1.54, 1.807) is 13.8 Å². The van der Waals surface area contributed by atoms with E-state index in [-0.39, 0.29) is 11.6 Å². The Kier molecular flexibility index (Phi) is 4.29. The molecule has 1 atom stereocenters. The SMILES string of the molecule is Cc1nc(C)c(C(C)NCCc2noc(C)n2)c(=O)[nH]1. The Bertz CT molecular complexity index is 646. The van der Waals surface area contributed by atoms with E-state index in [2.05, 4.69) is 25.4 Å². The fourth-order valence-electron chi connectivity index (χ4n) is 2.19. The fraction of sp³-hybridized carbons (Fsp3) is 0.538. The molecule has 2 N–H and O–H groups in total. The summed E-state index contributed by atoms with van der Waals surface area (Å²) in [7, 11) is 0. The van der Waals surface area contributed by atoms with E-state index in [0.29, 0.717) is 36.1 Å². The number of aryl methyl sites for hydroxylation is 3. The molecule has 2 aromatic heterocycles. The summed E-state index contributed by atoms with van der Waals surface area (Å²) in [4.78, 5) is 23.1. The molecule has 2 aromatic rings. The molecule has 0 saturated carbocycles. The van der Waals surface area contributed by atoms with Crippen LogP contribution in [-0.4, -0.2) is 26.7 Å². The fourth-order valence-corrected chi connectivity index (χ4v) is 2.19. The van der Waals surface area contributed by atoms with Gasteiger partial charge in [-0.15, -0.1) is 0 Å². The third-order valence-corrected chi connectivity index (χ3v) is 3.07. The van der Waals surface area contributed by atoms with Crippen molar-refractivity contribution in [2.45, 2.75) is 40.2 Å². The highest BCUT2D eigenvalue weighted by Crippen LogP contribution is 2.10. The molecule has 0 aromatic carbocycles. The molecule has 1 unspecified atom stereocenters. The van der Waals surface area contributed by atoms with Gasteiger partial charge in [-0.3, -0.25) is 4.79 Å². The van der Waals surface area contributed by atoms with Crippen LogP contribution in [0.25, 0.3) is 0 Å². The van der Waals surface area contributed by atoms with E-state index < -0.39 is 0 Å². The Morgan fingerprint density at radius 1 is 1.30 bits per heavy atom. The first kappa shape index (κ1) is 14.4. The Morgan fingerprint density at radius 3 is 2.65 bits per heavy atom. The van der Waals surface area contributed by atoms with Gasteiger partial charge in [-0.25, -0.2) is 4.98 Å². The molecule has 0 saturated heterocycles. The standard InChI is InChI=1S/C13H19N5O2/c1-7(12-8(2)15-9(3)16-13(12)19)14-6-5-11-17-10(4)20-18-11/h7,14H,5-6H2,1-4H3,(H,15,16,19). The topological polar surface area (TPSA) is 96.7 Å². The van der Waals surface area contributed by atoms with Crippen LogP contribution in [0.4, 0.5) is 0 Å². The third kappa shape index (κ3) is 3.30. The molecule has 108 valence electrons. The van der Waals surface area contributed by atoms with Gasteiger partial charge in [0.05, 0.1) is 5.56 Å². The van der Waals surface area contributed by atoms with Crippen LogP contribution in [0.15, 0.2) is 9.32 Å². The van der Waals surface area contributed by atoms with Gasteiger partial charge in [-0.1, -0.05) is 5.16 Å². The highest BCUT2D eigenvalue weighted by molar-refractivity contribution is 5.19. The highest BCUT2D eigenvalue weighted by Gasteiger charge is 2.14. The molecule has 2 heterocycles. The van der Waals surface area contributed by atoms with Crippen molar-refractivity contribution in [3.63, 3.8) is 0 Å². The molecule has 20 heavy (non-hydrogen) atoms. The van der Waals surface area contributed by atoms with Crippen LogP contribution in [0.1, 0.15) is 41.8 Å². The minimum atomic E-state index is -0.0922.